The summed E-state index contributed by atoms with van der Waals surface area (Å²) in [6, 6.07) is 1.95. The Morgan fingerprint density at radius 3 is 2.38 bits per heavy atom. The van der Waals surface area contributed by atoms with Crippen LogP contribution in [0.25, 0.3) is 0 Å². The van der Waals surface area contributed by atoms with E-state index in [-0.39, 0.29) is 17.7 Å². The third kappa shape index (κ3) is 3.54. The van der Waals surface area contributed by atoms with E-state index in [2.05, 4.69) is 5.32 Å². The summed E-state index contributed by atoms with van der Waals surface area (Å²) in [5, 5.41) is 11.3. The third-order valence-electron chi connectivity index (χ3n) is 2.40. The molecule has 1 unspecified atom stereocenters. The van der Waals surface area contributed by atoms with E-state index in [4.69, 9.17) is 5.26 Å². The first-order valence-electron chi connectivity index (χ1n) is 5.14. The molecule has 16 heavy (non-hydrogen) atoms. The van der Waals surface area contributed by atoms with Gasteiger partial charge in [0.2, 0.25) is 11.8 Å². The van der Waals surface area contributed by atoms with Crippen LogP contribution < -0.4 is 5.32 Å². The van der Waals surface area contributed by atoms with Gasteiger partial charge in [-0.3, -0.25) is 9.59 Å². The van der Waals surface area contributed by atoms with Gasteiger partial charge in [-0.15, -0.1) is 0 Å². The number of hydrogen-bond acceptors (Lipinski definition) is 3. The monoisotopic (exact) mass is 225 g/mol. The molecule has 0 aliphatic rings. The van der Waals surface area contributed by atoms with E-state index in [9.17, 15) is 9.59 Å². The van der Waals surface area contributed by atoms with Crippen molar-refractivity contribution < 1.29 is 9.59 Å². The van der Waals surface area contributed by atoms with E-state index in [0.717, 1.165) is 0 Å². The van der Waals surface area contributed by atoms with Crippen LogP contribution >= 0.6 is 0 Å². The summed E-state index contributed by atoms with van der Waals surface area (Å²) in [6.45, 7) is 5.18. The van der Waals surface area contributed by atoms with E-state index in [1.807, 2.05) is 6.07 Å². The van der Waals surface area contributed by atoms with Crippen molar-refractivity contribution in [1.29, 1.82) is 5.26 Å². The van der Waals surface area contributed by atoms with Crippen molar-refractivity contribution in [3.05, 3.63) is 0 Å². The Morgan fingerprint density at radius 1 is 1.50 bits per heavy atom. The molecule has 1 atom stereocenters. The molecule has 90 valence electrons. The lowest BCUT2D eigenvalue weighted by molar-refractivity contribution is -0.137. The molecule has 0 radical (unpaired) electrons. The highest BCUT2D eigenvalue weighted by Gasteiger charge is 2.31. The molecule has 0 saturated carbocycles. The molecule has 2 amide bonds. The van der Waals surface area contributed by atoms with E-state index in [1.165, 1.54) is 4.90 Å². The second kappa shape index (κ2) is 5.50. The van der Waals surface area contributed by atoms with Crippen molar-refractivity contribution in [3.63, 3.8) is 0 Å². The molecule has 0 aliphatic heterocycles. The van der Waals surface area contributed by atoms with E-state index in [1.54, 1.807) is 34.9 Å². The van der Waals surface area contributed by atoms with Crippen molar-refractivity contribution in [2.24, 2.45) is 11.3 Å². The number of nitrogens with one attached hydrogen (secondary N) is 1. The van der Waals surface area contributed by atoms with Gasteiger partial charge in [-0.05, 0) is 13.8 Å². The minimum absolute atomic E-state index is 0.116. The minimum atomic E-state index is -1.04. The van der Waals surface area contributed by atoms with Crippen LogP contribution in [0.5, 0.6) is 0 Å². The van der Waals surface area contributed by atoms with Gasteiger partial charge in [-0.1, -0.05) is 6.92 Å². The first-order valence-corrected chi connectivity index (χ1v) is 5.14. The average Bonchev–Trinajstić information content (AvgIpc) is 2.26. The molecule has 0 aromatic carbocycles. The molecule has 0 aliphatic carbocycles. The molecule has 0 aromatic rings. The largest absolute Gasteiger partial charge is 0.359 e. The number of carbonyl (C=O) groups is 2. The molecule has 0 aromatic heterocycles. The highest BCUT2D eigenvalue weighted by atomic mass is 16.2. The third-order valence-corrected chi connectivity index (χ3v) is 2.40. The van der Waals surface area contributed by atoms with Crippen LogP contribution in [0.4, 0.5) is 0 Å². The van der Waals surface area contributed by atoms with Crippen LogP contribution in [0.1, 0.15) is 20.8 Å². The maximum Gasteiger partial charge on any atom is 0.242 e. The molecule has 1 N–H and O–H groups in total. The van der Waals surface area contributed by atoms with Crippen molar-refractivity contribution in [1.82, 2.24) is 10.2 Å². The van der Waals surface area contributed by atoms with Crippen molar-refractivity contribution in [2.75, 3.05) is 20.6 Å². The zero-order valence-electron chi connectivity index (χ0n) is 10.5. The Hall–Kier alpha value is -1.57. The number of nitriles is 1. The van der Waals surface area contributed by atoms with Gasteiger partial charge in [0.05, 0.1) is 12.0 Å². The number of hydrogen-bond donors (Lipinski definition) is 1. The van der Waals surface area contributed by atoms with Crippen LogP contribution in [0.15, 0.2) is 0 Å². The fraction of sp³-hybridized carbons (Fsp3) is 0.727. The van der Waals surface area contributed by atoms with Gasteiger partial charge < -0.3 is 10.2 Å². The van der Waals surface area contributed by atoms with Gasteiger partial charge in [-0.2, -0.15) is 5.26 Å². The summed E-state index contributed by atoms with van der Waals surface area (Å²) in [7, 11) is 3.15. The van der Waals surface area contributed by atoms with Gasteiger partial charge in [0.15, 0.2) is 0 Å². The molecular formula is C11H19N3O2. The molecule has 5 heteroatoms. The maximum atomic E-state index is 11.8. The molecule has 0 rings (SSSR count). The summed E-state index contributed by atoms with van der Waals surface area (Å²) < 4.78 is 0. The number of rotatable bonds is 4. The fourth-order valence-corrected chi connectivity index (χ4v) is 1.35. The Morgan fingerprint density at radius 2 is 2.00 bits per heavy atom. The second-order valence-corrected chi connectivity index (χ2v) is 4.44. The Labute approximate surface area is 96.4 Å². The Bertz CT molecular complexity index is 318. The summed E-state index contributed by atoms with van der Waals surface area (Å²) in [4.78, 5) is 24.5. The first-order chi connectivity index (χ1) is 7.26. The highest BCUT2D eigenvalue weighted by molar-refractivity contribution is 5.85. The summed E-state index contributed by atoms with van der Waals surface area (Å²) in [6.07, 6.45) is 0. The summed E-state index contributed by atoms with van der Waals surface area (Å²) in [5.41, 5.74) is -1.04. The predicted molar refractivity (Wildman–Crippen MR) is 60.3 cm³/mol. The Balaban J connectivity index is 4.50. The van der Waals surface area contributed by atoms with Gasteiger partial charge in [-0.25, -0.2) is 0 Å². The normalized spacial score (nSPS) is 12.5. The molecular weight excluding hydrogens is 206 g/mol. The lowest BCUT2D eigenvalue weighted by atomic mass is 9.93. The molecule has 0 fully saturated rings. The quantitative estimate of drug-likeness (QED) is 0.751. The van der Waals surface area contributed by atoms with Gasteiger partial charge in [0, 0.05) is 20.6 Å². The summed E-state index contributed by atoms with van der Waals surface area (Å²) >= 11 is 0. The number of carbonyl (C=O) groups excluding carboxylic acids is 2. The highest BCUT2D eigenvalue weighted by Crippen LogP contribution is 2.17. The number of amides is 2. The van der Waals surface area contributed by atoms with Crippen molar-refractivity contribution in [2.45, 2.75) is 20.8 Å². The standard InChI is InChI=1S/C11H19N3O2/c1-8(9(15)13-4)6-14(5)10(16)11(2,3)7-12/h8H,6H2,1-5H3,(H,13,15). The molecule has 5 nitrogen and oxygen atoms in total. The van der Waals surface area contributed by atoms with Crippen LogP contribution in [-0.4, -0.2) is 37.4 Å². The van der Waals surface area contributed by atoms with Crippen molar-refractivity contribution in [3.8, 4) is 6.07 Å². The lowest BCUT2D eigenvalue weighted by Crippen LogP contribution is -2.42. The van der Waals surface area contributed by atoms with Crippen molar-refractivity contribution >= 4 is 11.8 Å². The first kappa shape index (κ1) is 14.4. The number of nitrogens with zero attached hydrogens (tertiary/aromatic N) is 2. The van der Waals surface area contributed by atoms with E-state index < -0.39 is 5.41 Å². The average molecular weight is 225 g/mol. The predicted octanol–water partition coefficient (Wildman–Crippen LogP) is 0.377. The molecule has 0 spiro atoms. The molecule has 0 saturated heterocycles. The van der Waals surface area contributed by atoms with Gasteiger partial charge >= 0.3 is 0 Å². The molecule has 0 bridgehead atoms. The van der Waals surface area contributed by atoms with E-state index in [0.29, 0.717) is 6.54 Å². The minimum Gasteiger partial charge on any atom is -0.359 e. The zero-order chi connectivity index (χ0) is 12.9. The topological polar surface area (TPSA) is 73.2 Å². The zero-order valence-corrected chi connectivity index (χ0v) is 10.5. The van der Waals surface area contributed by atoms with Crippen LogP contribution in [0, 0.1) is 22.7 Å². The van der Waals surface area contributed by atoms with Crippen LogP contribution in [-0.2, 0) is 9.59 Å². The lowest BCUT2D eigenvalue weighted by Gasteiger charge is -2.26. The fourth-order valence-electron chi connectivity index (χ4n) is 1.35. The van der Waals surface area contributed by atoms with Gasteiger partial charge in [0.25, 0.3) is 0 Å². The summed E-state index contributed by atoms with van der Waals surface area (Å²) in [5.74, 6) is -0.673. The van der Waals surface area contributed by atoms with Crippen LogP contribution in [0.2, 0.25) is 0 Å². The second-order valence-electron chi connectivity index (χ2n) is 4.44. The van der Waals surface area contributed by atoms with Crippen LogP contribution in [0.3, 0.4) is 0 Å². The van der Waals surface area contributed by atoms with Gasteiger partial charge in [0.1, 0.15) is 5.41 Å². The van der Waals surface area contributed by atoms with E-state index >= 15 is 0 Å². The maximum absolute atomic E-state index is 11.8. The Kier molecular flexibility index (Phi) is 4.96. The SMILES string of the molecule is CNC(=O)C(C)CN(C)C(=O)C(C)(C)C#N. The molecule has 0 heterocycles. The smallest absolute Gasteiger partial charge is 0.242 e.